The van der Waals surface area contributed by atoms with E-state index in [0.717, 1.165) is 10.5 Å². The summed E-state index contributed by atoms with van der Waals surface area (Å²) >= 11 is 1.57. The molecule has 0 aromatic heterocycles. The molecule has 0 aliphatic carbocycles. The Morgan fingerprint density at radius 3 is 2.52 bits per heavy atom. The van der Waals surface area contributed by atoms with Crippen molar-refractivity contribution in [2.45, 2.75) is 23.5 Å². The Balaban J connectivity index is 1.70. The molecule has 2 saturated heterocycles. The number of carbonyl (C=O) groups excluding carboxylic acids is 1. The third-order valence-corrected chi connectivity index (χ3v) is 7.50. The van der Waals surface area contributed by atoms with Gasteiger partial charge in [0.05, 0.1) is 23.6 Å². The number of benzene rings is 2. The van der Waals surface area contributed by atoms with Crippen molar-refractivity contribution < 1.29 is 17.6 Å². The summed E-state index contributed by atoms with van der Waals surface area (Å²) in [6.45, 7) is 0.258. The van der Waals surface area contributed by atoms with Gasteiger partial charge in [0.1, 0.15) is 5.82 Å². The number of carbonyl (C=O) groups is 1. The van der Waals surface area contributed by atoms with Gasteiger partial charge in [0.25, 0.3) is 0 Å². The van der Waals surface area contributed by atoms with Gasteiger partial charge in [-0.05, 0) is 42.2 Å². The number of amides is 2. The summed E-state index contributed by atoms with van der Waals surface area (Å²) in [5.41, 5.74) is 1.48. The summed E-state index contributed by atoms with van der Waals surface area (Å²) in [6, 6.07) is 12.5. The standard InChI is InChI=1S/C19H19FN2O3S2/c1-26-16-4-2-3-15(9-16)22-18-12-27(24,25)11-17(18)21(19(22)23)10-13-5-7-14(20)8-6-13/h2-9,17-18H,10-12H2,1H3/t17-,18-/m0/s1. The second-order valence-corrected chi connectivity index (χ2v) is 9.85. The molecular formula is C19H19FN2O3S2. The zero-order chi connectivity index (χ0) is 19.2. The predicted molar refractivity (Wildman–Crippen MR) is 104 cm³/mol. The van der Waals surface area contributed by atoms with Crippen molar-refractivity contribution in [1.82, 2.24) is 4.90 Å². The smallest absolute Gasteiger partial charge is 0.314 e. The van der Waals surface area contributed by atoms with Crippen molar-refractivity contribution in [3.63, 3.8) is 0 Å². The Morgan fingerprint density at radius 1 is 1.11 bits per heavy atom. The van der Waals surface area contributed by atoms with Crippen LogP contribution < -0.4 is 4.90 Å². The van der Waals surface area contributed by atoms with E-state index < -0.39 is 21.9 Å². The van der Waals surface area contributed by atoms with E-state index in [1.165, 1.54) is 12.1 Å². The maximum Gasteiger partial charge on any atom is 0.325 e. The number of rotatable bonds is 4. The van der Waals surface area contributed by atoms with Crippen molar-refractivity contribution in [3.05, 3.63) is 59.9 Å². The normalized spacial score (nSPS) is 23.7. The number of urea groups is 1. The highest BCUT2D eigenvalue weighted by atomic mass is 32.2. The zero-order valence-electron chi connectivity index (χ0n) is 14.7. The molecule has 4 rings (SSSR count). The van der Waals surface area contributed by atoms with E-state index in [9.17, 15) is 17.6 Å². The lowest BCUT2D eigenvalue weighted by Crippen LogP contribution is -2.37. The SMILES string of the molecule is CSc1cccc(N2C(=O)N(Cc3ccc(F)cc3)[C@H]3CS(=O)(=O)C[C@@H]32)c1. The summed E-state index contributed by atoms with van der Waals surface area (Å²) in [4.78, 5) is 17.4. The lowest BCUT2D eigenvalue weighted by molar-refractivity contribution is 0.206. The van der Waals surface area contributed by atoms with Crippen LogP contribution in [0.25, 0.3) is 0 Å². The molecule has 0 bridgehead atoms. The zero-order valence-corrected chi connectivity index (χ0v) is 16.3. The quantitative estimate of drug-likeness (QED) is 0.578. The summed E-state index contributed by atoms with van der Waals surface area (Å²) in [7, 11) is -3.22. The number of hydrogen-bond donors (Lipinski definition) is 0. The van der Waals surface area contributed by atoms with Gasteiger partial charge in [-0.3, -0.25) is 4.90 Å². The number of anilines is 1. The number of thioether (sulfide) groups is 1. The van der Waals surface area contributed by atoms with E-state index in [-0.39, 0.29) is 29.9 Å². The van der Waals surface area contributed by atoms with Crippen LogP contribution in [-0.4, -0.2) is 49.2 Å². The maximum atomic E-state index is 13.2. The molecule has 2 atom stereocenters. The van der Waals surface area contributed by atoms with Crippen LogP contribution in [0.4, 0.5) is 14.9 Å². The summed E-state index contributed by atoms with van der Waals surface area (Å²) in [6.07, 6.45) is 1.95. The highest BCUT2D eigenvalue weighted by Gasteiger charge is 2.53. The van der Waals surface area contributed by atoms with Crippen LogP contribution in [0.3, 0.4) is 0 Å². The van der Waals surface area contributed by atoms with E-state index in [1.807, 2.05) is 30.5 Å². The van der Waals surface area contributed by atoms with Gasteiger partial charge in [-0.2, -0.15) is 0 Å². The minimum absolute atomic E-state index is 0.0349. The van der Waals surface area contributed by atoms with E-state index in [1.54, 1.807) is 33.7 Å². The molecule has 2 aliphatic heterocycles. The maximum absolute atomic E-state index is 13.2. The Bertz CT molecular complexity index is 979. The van der Waals surface area contributed by atoms with Gasteiger partial charge >= 0.3 is 6.03 Å². The van der Waals surface area contributed by atoms with E-state index in [4.69, 9.17) is 0 Å². The molecule has 0 spiro atoms. The topological polar surface area (TPSA) is 57.7 Å². The fourth-order valence-electron chi connectivity index (χ4n) is 3.81. The third-order valence-electron chi connectivity index (χ3n) is 5.07. The number of nitrogens with zero attached hydrogens (tertiary/aromatic N) is 2. The third kappa shape index (κ3) is 3.43. The number of sulfone groups is 1. The van der Waals surface area contributed by atoms with Gasteiger partial charge in [-0.25, -0.2) is 17.6 Å². The highest BCUT2D eigenvalue weighted by Crippen LogP contribution is 2.36. The predicted octanol–water partition coefficient (Wildman–Crippen LogP) is 3.16. The molecule has 2 aromatic carbocycles. The largest absolute Gasteiger partial charge is 0.325 e. The van der Waals surface area contributed by atoms with Crippen LogP contribution in [0.5, 0.6) is 0 Å². The first-order valence-electron chi connectivity index (χ1n) is 8.57. The highest BCUT2D eigenvalue weighted by molar-refractivity contribution is 7.98. The Kier molecular flexibility index (Phi) is 4.63. The molecule has 2 amide bonds. The molecule has 2 fully saturated rings. The van der Waals surface area contributed by atoms with Gasteiger partial charge in [0.2, 0.25) is 0 Å². The molecule has 0 N–H and O–H groups in total. The van der Waals surface area contributed by atoms with E-state index in [0.29, 0.717) is 5.69 Å². The Hall–Kier alpha value is -2.06. The first-order chi connectivity index (χ1) is 12.9. The average Bonchev–Trinajstić information content (AvgIpc) is 3.07. The molecule has 0 unspecified atom stereocenters. The number of hydrogen-bond acceptors (Lipinski definition) is 4. The number of fused-ring (bicyclic) bond motifs is 1. The molecule has 0 saturated carbocycles. The summed E-state index contributed by atoms with van der Waals surface area (Å²) in [5.74, 6) is -0.417. The second kappa shape index (κ2) is 6.83. The van der Waals surface area contributed by atoms with Crippen LogP contribution in [0.1, 0.15) is 5.56 Å². The van der Waals surface area contributed by atoms with Crippen LogP contribution in [0.15, 0.2) is 53.4 Å². The molecule has 142 valence electrons. The molecule has 8 heteroatoms. The molecule has 5 nitrogen and oxygen atoms in total. The first-order valence-corrected chi connectivity index (χ1v) is 11.6. The van der Waals surface area contributed by atoms with Crippen molar-refractivity contribution in [1.29, 1.82) is 0 Å². The van der Waals surface area contributed by atoms with Crippen LogP contribution in [0, 0.1) is 5.82 Å². The monoisotopic (exact) mass is 406 g/mol. The lowest BCUT2D eigenvalue weighted by atomic mass is 10.1. The van der Waals surface area contributed by atoms with Gasteiger partial charge < -0.3 is 4.90 Å². The summed E-state index contributed by atoms with van der Waals surface area (Å²) in [5, 5.41) is 0. The van der Waals surface area contributed by atoms with Crippen molar-refractivity contribution in [2.75, 3.05) is 22.7 Å². The van der Waals surface area contributed by atoms with E-state index >= 15 is 0 Å². The summed E-state index contributed by atoms with van der Waals surface area (Å²) < 4.78 is 37.7. The molecule has 0 radical (unpaired) electrons. The molecule has 27 heavy (non-hydrogen) atoms. The van der Waals surface area contributed by atoms with Gasteiger partial charge in [-0.1, -0.05) is 18.2 Å². The molecule has 2 heterocycles. The Labute approximate surface area is 162 Å². The number of halogens is 1. The molecular weight excluding hydrogens is 387 g/mol. The second-order valence-electron chi connectivity index (χ2n) is 6.82. The van der Waals surface area contributed by atoms with Crippen LogP contribution >= 0.6 is 11.8 Å². The minimum atomic E-state index is -3.22. The lowest BCUT2D eigenvalue weighted by Gasteiger charge is -2.23. The fourth-order valence-corrected chi connectivity index (χ4v) is 6.21. The van der Waals surface area contributed by atoms with Gasteiger partial charge in [-0.15, -0.1) is 11.8 Å². The van der Waals surface area contributed by atoms with Crippen molar-refractivity contribution in [2.24, 2.45) is 0 Å². The fraction of sp³-hybridized carbons (Fsp3) is 0.316. The Morgan fingerprint density at radius 2 is 1.81 bits per heavy atom. The van der Waals surface area contributed by atoms with Crippen molar-refractivity contribution >= 4 is 33.3 Å². The van der Waals surface area contributed by atoms with Gasteiger partial charge in [0, 0.05) is 17.1 Å². The molecule has 2 aliphatic rings. The minimum Gasteiger partial charge on any atom is -0.314 e. The van der Waals surface area contributed by atoms with Gasteiger partial charge in [0.15, 0.2) is 9.84 Å². The van der Waals surface area contributed by atoms with Crippen LogP contribution in [0.2, 0.25) is 0 Å². The molecule has 2 aromatic rings. The van der Waals surface area contributed by atoms with Crippen LogP contribution in [-0.2, 0) is 16.4 Å². The van der Waals surface area contributed by atoms with Crippen molar-refractivity contribution in [3.8, 4) is 0 Å². The average molecular weight is 407 g/mol. The van der Waals surface area contributed by atoms with E-state index in [2.05, 4.69) is 0 Å². The first kappa shape index (κ1) is 18.3.